The second-order valence-electron chi connectivity index (χ2n) is 8.27. The van der Waals surface area contributed by atoms with Gasteiger partial charge in [0, 0.05) is 12.5 Å². The average molecular weight is 390 g/mol. The largest absolute Gasteiger partial charge is 0.507 e. The van der Waals surface area contributed by atoms with E-state index in [0.29, 0.717) is 18.0 Å². The van der Waals surface area contributed by atoms with Crippen molar-refractivity contribution in [2.45, 2.75) is 32.9 Å². The number of likely N-dealkylation sites (tertiary alicyclic amines) is 1. The van der Waals surface area contributed by atoms with Crippen LogP contribution < -0.4 is 10.2 Å². The number of carbonyl (C=O) groups excluding carboxylic acids is 1. The quantitative estimate of drug-likeness (QED) is 0.627. The van der Waals surface area contributed by atoms with Crippen LogP contribution in [-0.2, 0) is 13.1 Å². The predicted octanol–water partition coefficient (Wildman–Crippen LogP) is 3.29. The highest BCUT2D eigenvalue weighted by Crippen LogP contribution is 2.31. The molecule has 1 heterocycles. The summed E-state index contributed by atoms with van der Waals surface area (Å²) in [4.78, 5) is 14.4. The molecule has 1 saturated heterocycles. The summed E-state index contributed by atoms with van der Waals surface area (Å²) in [6.07, 6.45) is 2.49. The molecule has 1 aliphatic rings. The fourth-order valence-electron chi connectivity index (χ4n) is 4.45. The minimum Gasteiger partial charge on any atom is -0.507 e. The fourth-order valence-corrected chi connectivity index (χ4v) is 4.45. The summed E-state index contributed by atoms with van der Waals surface area (Å²) in [6.45, 7) is 5.71. The van der Waals surface area contributed by atoms with Gasteiger partial charge in [0.25, 0.3) is 5.91 Å². The van der Waals surface area contributed by atoms with Crippen LogP contribution in [0.25, 0.3) is 10.8 Å². The number of piperidine rings is 1. The molecule has 0 radical (unpaired) electrons. The molecule has 1 unspecified atom stereocenters. The Morgan fingerprint density at radius 1 is 1.14 bits per heavy atom. The number of phenols is 1. The van der Waals surface area contributed by atoms with E-state index in [1.807, 2.05) is 60.7 Å². The molecule has 0 aromatic heterocycles. The van der Waals surface area contributed by atoms with Crippen LogP contribution in [0.4, 0.5) is 0 Å². The number of hydrogen-bond donors (Lipinski definition) is 3. The second-order valence-corrected chi connectivity index (χ2v) is 8.27. The van der Waals surface area contributed by atoms with Crippen molar-refractivity contribution >= 4 is 16.7 Å². The lowest BCUT2D eigenvalue weighted by molar-refractivity contribution is -0.922. The normalized spacial score (nSPS) is 19.2. The molecule has 1 amide bonds. The van der Waals surface area contributed by atoms with Gasteiger partial charge in [0.2, 0.25) is 0 Å². The number of aromatic hydroxyl groups is 1. The summed E-state index contributed by atoms with van der Waals surface area (Å²) in [6, 6.07) is 19.7. The lowest BCUT2D eigenvalue weighted by Gasteiger charge is -2.28. The Morgan fingerprint density at radius 2 is 1.90 bits per heavy atom. The summed E-state index contributed by atoms with van der Waals surface area (Å²) in [5, 5.41) is 16.1. The molecule has 0 spiro atoms. The molecule has 29 heavy (non-hydrogen) atoms. The Bertz CT molecular complexity index is 1000. The number of hydrogen-bond acceptors (Lipinski definition) is 2. The van der Waals surface area contributed by atoms with Crippen molar-refractivity contribution in [3.63, 3.8) is 0 Å². The van der Waals surface area contributed by atoms with Crippen molar-refractivity contribution in [1.29, 1.82) is 0 Å². The molecule has 4 rings (SSSR count). The second kappa shape index (κ2) is 8.66. The Balaban J connectivity index is 1.63. The summed E-state index contributed by atoms with van der Waals surface area (Å²) in [7, 11) is 0. The van der Waals surface area contributed by atoms with Gasteiger partial charge in [0.1, 0.15) is 12.3 Å². The lowest BCUT2D eigenvalue weighted by atomic mass is 9.96. The number of quaternary nitrogens is 1. The lowest BCUT2D eigenvalue weighted by Crippen LogP contribution is -3.12. The van der Waals surface area contributed by atoms with Gasteiger partial charge in [-0.3, -0.25) is 4.79 Å². The topological polar surface area (TPSA) is 53.8 Å². The first-order valence-corrected chi connectivity index (χ1v) is 10.5. The van der Waals surface area contributed by atoms with E-state index in [0.717, 1.165) is 41.5 Å². The molecule has 0 aliphatic carbocycles. The van der Waals surface area contributed by atoms with Gasteiger partial charge in [-0.25, -0.2) is 0 Å². The molecule has 3 aromatic rings. The Hall–Kier alpha value is -2.85. The third-order valence-corrected chi connectivity index (χ3v) is 5.96. The summed E-state index contributed by atoms with van der Waals surface area (Å²) in [5.41, 5.74) is 2.28. The van der Waals surface area contributed by atoms with Gasteiger partial charge in [-0.1, -0.05) is 61.5 Å². The van der Waals surface area contributed by atoms with Crippen molar-refractivity contribution < 1.29 is 14.8 Å². The van der Waals surface area contributed by atoms with Gasteiger partial charge in [-0.05, 0) is 35.2 Å². The third-order valence-electron chi connectivity index (χ3n) is 5.96. The summed E-state index contributed by atoms with van der Waals surface area (Å²) in [5.74, 6) is 0.588. The molecular formula is C25H29N2O2+. The standard InChI is InChI=1S/C25H28N2O2/c1-18-8-7-13-27(16-18)17-23-21-12-6-5-11-20(21)14-22(24(23)28)25(29)26-15-19-9-3-2-4-10-19/h2-6,9-12,14,18,28H,7-8,13,15-17H2,1H3,(H,26,29)/p+1/t18-/m0/s1. The van der Waals surface area contributed by atoms with Gasteiger partial charge < -0.3 is 15.3 Å². The first-order valence-electron chi connectivity index (χ1n) is 10.5. The van der Waals surface area contributed by atoms with E-state index < -0.39 is 0 Å². The Labute approximate surface area is 172 Å². The molecule has 1 aliphatic heterocycles. The zero-order valence-electron chi connectivity index (χ0n) is 16.9. The van der Waals surface area contributed by atoms with Gasteiger partial charge in [0.15, 0.2) is 0 Å². The molecule has 1 fully saturated rings. The zero-order chi connectivity index (χ0) is 20.2. The molecular weight excluding hydrogens is 360 g/mol. The number of phenolic OH excluding ortho intramolecular Hbond substituents is 1. The maximum atomic E-state index is 12.9. The number of fused-ring (bicyclic) bond motifs is 1. The van der Waals surface area contributed by atoms with Crippen LogP contribution >= 0.6 is 0 Å². The molecule has 4 nitrogen and oxygen atoms in total. The molecule has 150 valence electrons. The number of amides is 1. The van der Waals surface area contributed by atoms with E-state index >= 15 is 0 Å². The summed E-state index contributed by atoms with van der Waals surface area (Å²) < 4.78 is 0. The highest BCUT2D eigenvalue weighted by molar-refractivity contribution is 6.03. The molecule has 3 N–H and O–H groups in total. The van der Waals surface area contributed by atoms with Crippen LogP contribution in [0, 0.1) is 5.92 Å². The van der Waals surface area contributed by atoms with E-state index in [1.54, 1.807) is 0 Å². The Morgan fingerprint density at radius 3 is 2.69 bits per heavy atom. The van der Waals surface area contributed by atoms with Crippen LogP contribution in [0.5, 0.6) is 5.75 Å². The zero-order valence-corrected chi connectivity index (χ0v) is 16.9. The van der Waals surface area contributed by atoms with Crippen LogP contribution in [0.3, 0.4) is 0 Å². The van der Waals surface area contributed by atoms with E-state index in [1.165, 1.54) is 17.7 Å². The smallest absolute Gasteiger partial charge is 0.255 e. The van der Waals surface area contributed by atoms with Crippen LogP contribution in [0.2, 0.25) is 0 Å². The SMILES string of the molecule is C[C@H]1CCC[NH+](Cc2c(O)c(C(=O)NCc3ccccc3)cc3ccccc23)C1. The van der Waals surface area contributed by atoms with Crippen molar-refractivity contribution in [3.05, 3.63) is 77.4 Å². The van der Waals surface area contributed by atoms with Crippen molar-refractivity contribution in [1.82, 2.24) is 5.32 Å². The number of carbonyl (C=O) groups is 1. The maximum Gasteiger partial charge on any atom is 0.255 e. The molecule has 0 saturated carbocycles. The number of rotatable bonds is 5. The molecule has 4 heteroatoms. The van der Waals surface area contributed by atoms with Crippen molar-refractivity contribution in [3.8, 4) is 5.75 Å². The fraction of sp³-hybridized carbons (Fsp3) is 0.320. The minimum absolute atomic E-state index is 0.125. The highest BCUT2D eigenvalue weighted by Gasteiger charge is 2.24. The van der Waals surface area contributed by atoms with Crippen LogP contribution in [-0.4, -0.2) is 24.1 Å². The van der Waals surface area contributed by atoms with Gasteiger partial charge in [-0.2, -0.15) is 0 Å². The monoisotopic (exact) mass is 389 g/mol. The molecule has 3 aromatic carbocycles. The highest BCUT2D eigenvalue weighted by atomic mass is 16.3. The van der Waals surface area contributed by atoms with Crippen LogP contribution in [0.15, 0.2) is 60.7 Å². The van der Waals surface area contributed by atoms with E-state index in [4.69, 9.17) is 0 Å². The first-order chi connectivity index (χ1) is 14.1. The summed E-state index contributed by atoms with van der Waals surface area (Å²) >= 11 is 0. The van der Waals surface area contributed by atoms with Gasteiger partial charge in [0.05, 0.1) is 24.2 Å². The number of benzene rings is 3. The van der Waals surface area contributed by atoms with Gasteiger partial charge >= 0.3 is 0 Å². The predicted molar refractivity (Wildman–Crippen MR) is 116 cm³/mol. The maximum absolute atomic E-state index is 12.9. The van der Waals surface area contributed by atoms with Crippen LogP contribution in [0.1, 0.15) is 41.3 Å². The molecule has 0 bridgehead atoms. The first kappa shape index (κ1) is 19.5. The van der Waals surface area contributed by atoms with Gasteiger partial charge in [-0.15, -0.1) is 0 Å². The van der Waals surface area contributed by atoms with Crippen molar-refractivity contribution in [2.75, 3.05) is 13.1 Å². The van der Waals surface area contributed by atoms with E-state index in [-0.39, 0.29) is 11.7 Å². The number of nitrogens with one attached hydrogen (secondary N) is 2. The van der Waals surface area contributed by atoms with E-state index in [9.17, 15) is 9.90 Å². The Kier molecular flexibility index (Phi) is 5.81. The average Bonchev–Trinajstić information content (AvgIpc) is 2.74. The van der Waals surface area contributed by atoms with E-state index in [2.05, 4.69) is 12.2 Å². The minimum atomic E-state index is -0.236. The third kappa shape index (κ3) is 4.43. The van der Waals surface area contributed by atoms with Crippen molar-refractivity contribution in [2.24, 2.45) is 5.92 Å². The molecule has 2 atom stereocenters.